The van der Waals surface area contributed by atoms with Crippen LogP contribution in [0.5, 0.6) is 0 Å². The van der Waals surface area contributed by atoms with E-state index >= 15 is 0 Å². The summed E-state index contributed by atoms with van der Waals surface area (Å²) in [6.45, 7) is 0. The normalized spacial score (nSPS) is 10.5. The Balaban J connectivity index is 2.85. The van der Waals surface area contributed by atoms with Crippen LogP contribution in [0, 0.1) is 0 Å². The fourth-order valence-corrected chi connectivity index (χ4v) is 0.978. The van der Waals surface area contributed by atoms with Crippen molar-refractivity contribution in [3.05, 3.63) is 35.4 Å². The van der Waals surface area contributed by atoms with Crippen LogP contribution in [0.1, 0.15) is 15.9 Å². The largest absolute Gasteiger partial charge is 0.478 e. The fourth-order valence-electron chi connectivity index (χ4n) is 0.978. The summed E-state index contributed by atoms with van der Waals surface area (Å²) in [5, 5.41) is 19.6. The van der Waals surface area contributed by atoms with Gasteiger partial charge in [-0.05, 0) is 17.7 Å². The number of carbonyl (C=O) groups is 1. The lowest BCUT2D eigenvalue weighted by Crippen LogP contribution is -1.97. The van der Waals surface area contributed by atoms with Crippen LogP contribution in [0.15, 0.2) is 29.4 Å². The van der Waals surface area contributed by atoms with Gasteiger partial charge < -0.3 is 10.3 Å². The van der Waals surface area contributed by atoms with Gasteiger partial charge in [0.2, 0.25) is 0 Å². The number of hydrogen-bond acceptors (Lipinski definition) is 3. The molecule has 0 saturated heterocycles. The van der Waals surface area contributed by atoms with E-state index < -0.39 is 5.97 Å². The van der Waals surface area contributed by atoms with Crippen LogP contribution >= 0.6 is 0 Å². The average molecular weight is 179 g/mol. The summed E-state index contributed by atoms with van der Waals surface area (Å²) >= 11 is 0. The molecule has 0 spiro atoms. The lowest BCUT2D eigenvalue weighted by molar-refractivity contribution is 0.0697. The molecule has 4 nitrogen and oxygen atoms in total. The molecule has 0 fully saturated rings. The van der Waals surface area contributed by atoms with Gasteiger partial charge in [0.25, 0.3) is 0 Å². The molecule has 0 radical (unpaired) electrons. The molecule has 4 heteroatoms. The summed E-state index contributed by atoms with van der Waals surface area (Å²) in [4.78, 5) is 10.5. The van der Waals surface area contributed by atoms with Crippen molar-refractivity contribution in [3.63, 3.8) is 0 Å². The van der Waals surface area contributed by atoms with Gasteiger partial charge >= 0.3 is 5.97 Å². The summed E-state index contributed by atoms with van der Waals surface area (Å²) in [6, 6.07) is 6.49. The third-order valence-corrected chi connectivity index (χ3v) is 1.58. The highest BCUT2D eigenvalue weighted by Crippen LogP contribution is 2.04. The maximum absolute atomic E-state index is 10.5. The van der Waals surface area contributed by atoms with Crippen LogP contribution in [-0.4, -0.2) is 22.5 Å². The van der Waals surface area contributed by atoms with Crippen LogP contribution in [0.2, 0.25) is 0 Å². The number of rotatable bonds is 3. The Morgan fingerprint density at radius 2 is 2.31 bits per heavy atom. The molecule has 0 unspecified atom stereocenters. The van der Waals surface area contributed by atoms with E-state index in [1.165, 1.54) is 12.3 Å². The van der Waals surface area contributed by atoms with E-state index in [9.17, 15) is 4.79 Å². The molecule has 0 aromatic heterocycles. The number of carboxylic acid groups (broad SMARTS) is 1. The van der Waals surface area contributed by atoms with E-state index in [0.29, 0.717) is 6.42 Å². The van der Waals surface area contributed by atoms with E-state index in [1.807, 2.05) is 0 Å². The predicted molar refractivity (Wildman–Crippen MR) is 47.4 cm³/mol. The van der Waals surface area contributed by atoms with Crippen LogP contribution in [0.4, 0.5) is 0 Å². The highest BCUT2D eigenvalue weighted by molar-refractivity contribution is 5.87. The average Bonchev–Trinajstić information content (AvgIpc) is 2.15. The first-order valence-electron chi connectivity index (χ1n) is 3.72. The first kappa shape index (κ1) is 9.25. The van der Waals surface area contributed by atoms with Crippen molar-refractivity contribution in [1.29, 1.82) is 0 Å². The minimum absolute atomic E-state index is 0.240. The zero-order valence-corrected chi connectivity index (χ0v) is 6.84. The minimum Gasteiger partial charge on any atom is -0.478 e. The van der Waals surface area contributed by atoms with E-state index in [4.69, 9.17) is 10.3 Å². The van der Waals surface area contributed by atoms with Crippen LogP contribution in [-0.2, 0) is 6.42 Å². The van der Waals surface area contributed by atoms with Crippen molar-refractivity contribution in [2.45, 2.75) is 6.42 Å². The van der Waals surface area contributed by atoms with Gasteiger partial charge in [-0.3, -0.25) is 0 Å². The molecule has 0 saturated carbocycles. The Hall–Kier alpha value is -1.84. The standard InChI is InChI=1S/C9H9NO3/c11-9(12)8-3-1-2-7(6-8)4-5-10-13/h1-3,5-6,13H,4H2,(H,11,12)/b10-5+. The maximum Gasteiger partial charge on any atom is 0.335 e. The highest BCUT2D eigenvalue weighted by Gasteiger charge is 2.01. The summed E-state index contributed by atoms with van der Waals surface area (Å²) < 4.78 is 0. The van der Waals surface area contributed by atoms with Crippen molar-refractivity contribution in [2.75, 3.05) is 0 Å². The summed E-state index contributed by atoms with van der Waals surface area (Å²) in [6.07, 6.45) is 1.73. The van der Waals surface area contributed by atoms with Crippen molar-refractivity contribution in [2.24, 2.45) is 5.16 Å². The van der Waals surface area contributed by atoms with Gasteiger partial charge in [-0.15, -0.1) is 5.16 Å². The molecule has 1 aromatic rings. The summed E-state index contributed by atoms with van der Waals surface area (Å²) in [5.41, 5.74) is 1.04. The Labute approximate surface area is 75.1 Å². The van der Waals surface area contributed by atoms with Gasteiger partial charge in [-0.2, -0.15) is 0 Å². The SMILES string of the molecule is O=C(O)c1cccc(C/C=N/O)c1. The molecule has 0 aliphatic rings. The zero-order chi connectivity index (χ0) is 9.68. The predicted octanol–water partition coefficient (Wildman–Crippen LogP) is 1.39. The lowest BCUT2D eigenvalue weighted by atomic mass is 10.1. The second-order valence-electron chi connectivity index (χ2n) is 2.51. The molecule has 0 aliphatic heterocycles. The van der Waals surface area contributed by atoms with Gasteiger partial charge in [-0.1, -0.05) is 12.1 Å². The van der Waals surface area contributed by atoms with Crippen LogP contribution in [0.25, 0.3) is 0 Å². The number of benzene rings is 1. The quantitative estimate of drug-likeness (QED) is 0.418. The number of nitrogens with zero attached hydrogens (tertiary/aromatic N) is 1. The highest BCUT2D eigenvalue weighted by atomic mass is 16.4. The van der Waals surface area contributed by atoms with Crippen molar-refractivity contribution in [1.82, 2.24) is 0 Å². The molecule has 0 aliphatic carbocycles. The molecule has 1 rings (SSSR count). The lowest BCUT2D eigenvalue weighted by Gasteiger charge is -1.97. The molecule has 68 valence electrons. The first-order valence-corrected chi connectivity index (χ1v) is 3.72. The van der Waals surface area contributed by atoms with Crippen molar-refractivity contribution >= 4 is 12.2 Å². The number of aromatic carboxylic acids is 1. The van der Waals surface area contributed by atoms with Gasteiger partial charge in [0.05, 0.1) is 5.56 Å². The molecular formula is C9H9NO3. The number of hydrogen-bond donors (Lipinski definition) is 2. The van der Waals surface area contributed by atoms with Crippen molar-refractivity contribution < 1.29 is 15.1 Å². The topological polar surface area (TPSA) is 69.9 Å². The fraction of sp³-hybridized carbons (Fsp3) is 0.111. The van der Waals surface area contributed by atoms with Gasteiger partial charge in [0.1, 0.15) is 0 Å². The number of oxime groups is 1. The molecule has 0 amide bonds. The molecule has 0 bridgehead atoms. The van der Waals surface area contributed by atoms with Crippen LogP contribution < -0.4 is 0 Å². The minimum atomic E-state index is -0.956. The second kappa shape index (κ2) is 4.25. The van der Waals surface area contributed by atoms with E-state index in [2.05, 4.69) is 5.16 Å². The summed E-state index contributed by atoms with van der Waals surface area (Å²) in [7, 11) is 0. The molecule has 13 heavy (non-hydrogen) atoms. The Kier molecular flexibility index (Phi) is 3.03. The smallest absolute Gasteiger partial charge is 0.335 e. The van der Waals surface area contributed by atoms with Crippen molar-refractivity contribution in [3.8, 4) is 0 Å². The Morgan fingerprint density at radius 1 is 1.54 bits per heavy atom. The molecular weight excluding hydrogens is 170 g/mol. The van der Waals surface area contributed by atoms with E-state index in [1.54, 1.807) is 18.2 Å². The van der Waals surface area contributed by atoms with Gasteiger partial charge in [0.15, 0.2) is 0 Å². The third-order valence-electron chi connectivity index (χ3n) is 1.58. The van der Waals surface area contributed by atoms with E-state index in [0.717, 1.165) is 5.56 Å². The molecule has 1 aromatic carbocycles. The van der Waals surface area contributed by atoms with Gasteiger partial charge in [-0.25, -0.2) is 4.79 Å². The van der Waals surface area contributed by atoms with Crippen LogP contribution in [0.3, 0.4) is 0 Å². The Bertz CT molecular complexity index is 333. The summed E-state index contributed by atoms with van der Waals surface area (Å²) in [5.74, 6) is -0.956. The maximum atomic E-state index is 10.5. The second-order valence-corrected chi connectivity index (χ2v) is 2.51. The van der Waals surface area contributed by atoms with Gasteiger partial charge in [0, 0.05) is 12.6 Å². The first-order chi connectivity index (χ1) is 6.24. The monoisotopic (exact) mass is 179 g/mol. The molecule has 2 N–H and O–H groups in total. The zero-order valence-electron chi connectivity index (χ0n) is 6.84. The molecule has 0 atom stereocenters. The molecule has 0 heterocycles. The third kappa shape index (κ3) is 2.59. The Morgan fingerprint density at radius 3 is 2.92 bits per heavy atom. The van der Waals surface area contributed by atoms with E-state index in [-0.39, 0.29) is 5.56 Å². The number of carboxylic acids is 1.